The zero-order valence-electron chi connectivity index (χ0n) is 7.87. The third-order valence-corrected chi connectivity index (χ3v) is 2.56. The van der Waals surface area contributed by atoms with Crippen LogP contribution in [0.1, 0.15) is 25.7 Å². The van der Waals surface area contributed by atoms with E-state index in [1.54, 1.807) is 0 Å². The van der Waals surface area contributed by atoms with Crippen molar-refractivity contribution >= 4 is 5.69 Å². The van der Waals surface area contributed by atoms with Gasteiger partial charge in [-0.1, -0.05) is 31.0 Å². The van der Waals surface area contributed by atoms with Crippen molar-refractivity contribution in [2.45, 2.75) is 31.7 Å². The molecule has 1 aromatic carbocycles. The molecule has 1 unspecified atom stereocenters. The number of para-hydroxylation sites is 1. The molecule has 1 atom stereocenters. The van der Waals surface area contributed by atoms with Crippen molar-refractivity contribution in [3.63, 3.8) is 0 Å². The largest absolute Gasteiger partial charge is 0.382 e. The van der Waals surface area contributed by atoms with E-state index in [0.717, 1.165) is 0 Å². The minimum Gasteiger partial charge on any atom is -0.382 e. The molecule has 2 rings (SSSR count). The van der Waals surface area contributed by atoms with Crippen LogP contribution in [-0.4, -0.2) is 6.04 Å². The first kappa shape index (κ1) is 8.61. The minimum absolute atomic E-state index is 0.663. The average Bonchev–Trinajstić information content (AvgIpc) is 2.21. The van der Waals surface area contributed by atoms with Gasteiger partial charge in [-0.05, 0) is 31.4 Å². The molecule has 0 saturated heterocycles. The van der Waals surface area contributed by atoms with Crippen LogP contribution in [-0.2, 0) is 0 Å². The molecular formula is C12H16N. The Labute approximate surface area is 80.2 Å². The van der Waals surface area contributed by atoms with E-state index in [9.17, 15) is 0 Å². The van der Waals surface area contributed by atoms with Crippen LogP contribution in [0.2, 0.25) is 0 Å². The molecule has 13 heavy (non-hydrogen) atoms. The van der Waals surface area contributed by atoms with Crippen LogP contribution in [0.5, 0.6) is 0 Å². The van der Waals surface area contributed by atoms with E-state index in [1.807, 2.05) is 0 Å². The first-order valence-electron chi connectivity index (χ1n) is 5.08. The lowest BCUT2D eigenvalue weighted by Gasteiger charge is -2.23. The number of anilines is 1. The normalized spacial score (nSPS) is 18.5. The van der Waals surface area contributed by atoms with E-state index in [2.05, 4.69) is 42.1 Å². The van der Waals surface area contributed by atoms with Gasteiger partial charge < -0.3 is 5.32 Å². The van der Waals surface area contributed by atoms with Crippen LogP contribution >= 0.6 is 0 Å². The number of rotatable bonds is 2. The summed E-state index contributed by atoms with van der Waals surface area (Å²) in [5, 5.41) is 3.55. The highest BCUT2D eigenvalue weighted by atomic mass is 14.9. The lowest BCUT2D eigenvalue weighted by molar-refractivity contribution is 0.539. The lowest BCUT2D eigenvalue weighted by Crippen LogP contribution is -2.22. The van der Waals surface area contributed by atoms with E-state index in [-0.39, 0.29) is 0 Å². The van der Waals surface area contributed by atoms with Crippen LogP contribution in [0, 0.1) is 6.42 Å². The molecule has 0 amide bonds. The summed E-state index contributed by atoms with van der Waals surface area (Å²) in [6, 6.07) is 11.1. The molecule has 0 aliphatic heterocycles. The molecule has 1 aliphatic carbocycles. The maximum absolute atomic E-state index is 3.55. The summed E-state index contributed by atoms with van der Waals surface area (Å²) in [4.78, 5) is 0. The van der Waals surface area contributed by atoms with Gasteiger partial charge in [-0.25, -0.2) is 0 Å². The number of nitrogens with one attached hydrogen (secondary N) is 1. The maximum atomic E-state index is 3.55. The molecule has 1 nitrogen and oxygen atoms in total. The van der Waals surface area contributed by atoms with E-state index in [0.29, 0.717) is 6.04 Å². The molecule has 0 bridgehead atoms. The molecule has 1 N–H and O–H groups in total. The quantitative estimate of drug-likeness (QED) is 0.725. The summed E-state index contributed by atoms with van der Waals surface area (Å²) in [6.07, 6.45) is 7.56. The highest BCUT2D eigenvalue weighted by Crippen LogP contribution is 2.20. The summed E-state index contributed by atoms with van der Waals surface area (Å²) in [5.41, 5.74) is 1.25. The first-order chi connectivity index (χ1) is 6.45. The van der Waals surface area contributed by atoms with Gasteiger partial charge in [-0.2, -0.15) is 0 Å². The van der Waals surface area contributed by atoms with Gasteiger partial charge in [-0.3, -0.25) is 0 Å². The molecule has 1 fully saturated rings. The summed E-state index contributed by atoms with van der Waals surface area (Å²) >= 11 is 0. The van der Waals surface area contributed by atoms with Crippen LogP contribution in [0.3, 0.4) is 0 Å². The fraction of sp³-hybridized carbons (Fsp3) is 0.417. The van der Waals surface area contributed by atoms with Gasteiger partial charge in [0.2, 0.25) is 0 Å². The van der Waals surface area contributed by atoms with Gasteiger partial charge in [0.05, 0.1) is 0 Å². The van der Waals surface area contributed by atoms with Gasteiger partial charge in [0.25, 0.3) is 0 Å². The predicted octanol–water partition coefficient (Wildman–Crippen LogP) is 3.25. The zero-order chi connectivity index (χ0) is 8.93. The Hall–Kier alpha value is -0.980. The molecule has 0 spiro atoms. The predicted molar refractivity (Wildman–Crippen MR) is 56.6 cm³/mol. The van der Waals surface area contributed by atoms with Crippen molar-refractivity contribution in [1.29, 1.82) is 0 Å². The van der Waals surface area contributed by atoms with Crippen LogP contribution in [0.25, 0.3) is 0 Å². The van der Waals surface area contributed by atoms with E-state index in [1.165, 1.54) is 31.4 Å². The van der Waals surface area contributed by atoms with E-state index < -0.39 is 0 Å². The molecular weight excluding hydrogens is 158 g/mol. The van der Waals surface area contributed by atoms with E-state index >= 15 is 0 Å². The van der Waals surface area contributed by atoms with Crippen molar-refractivity contribution in [1.82, 2.24) is 0 Å². The second kappa shape index (κ2) is 4.31. The molecule has 0 aromatic heterocycles. The Morgan fingerprint density at radius 1 is 1.15 bits per heavy atom. The fourth-order valence-corrected chi connectivity index (χ4v) is 1.85. The molecule has 1 aliphatic rings. The molecule has 69 valence electrons. The van der Waals surface area contributed by atoms with Crippen molar-refractivity contribution in [3.8, 4) is 0 Å². The standard InChI is InChI=1S/C12H16N/c1-3-7-11(8-4-1)13-12-9-5-2-6-10-12/h1,3-5,7-8,12-13H,2,6,9-10H2. The number of hydrogen-bond acceptors (Lipinski definition) is 1. The van der Waals surface area contributed by atoms with Crippen LogP contribution in [0.4, 0.5) is 5.69 Å². The van der Waals surface area contributed by atoms with Crippen LogP contribution in [0.15, 0.2) is 30.3 Å². The highest BCUT2D eigenvalue weighted by molar-refractivity contribution is 5.43. The minimum atomic E-state index is 0.663. The maximum Gasteiger partial charge on any atom is 0.0342 e. The Kier molecular flexibility index (Phi) is 2.86. The molecule has 1 radical (unpaired) electrons. The third-order valence-electron chi connectivity index (χ3n) is 2.56. The molecule has 1 aromatic rings. The molecule has 0 heterocycles. The lowest BCUT2D eigenvalue weighted by atomic mass is 9.95. The van der Waals surface area contributed by atoms with Crippen molar-refractivity contribution < 1.29 is 0 Å². The second-order valence-corrected chi connectivity index (χ2v) is 3.66. The first-order valence-corrected chi connectivity index (χ1v) is 5.08. The fourth-order valence-electron chi connectivity index (χ4n) is 1.85. The Balaban J connectivity index is 1.90. The highest BCUT2D eigenvalue weighted by Gasteiger charge is 2.12. The van der Waals surface area contributed by atoms with Gasteiger partial charge in [0.1, 0.15) is 0 Å². The SMILES string of the molecule is [CH]1CCCC(Nc2ccccc2)C1. The number of hydrogen-bond donors (Lipinski definition) is 1. The van der Waals surface area contributed by atoms with E-state index in [4.69, 9.17) is 0 Å². The summed E-state index contributed by atoms with van der Waals surface area (Å²) in [5.74, 6) is 0. The smallest absolute Gasteiger partial charge is 0.0342 e. The average molecular weight is 174 g/mol. The Morgan fingerprint density at radius 3 is 2.69 bits per heavy atom. The Bertz CT molecular complexity index is 237. The zero-order valence-corrected chi connectivity index (χ0v) is 7.87. The van der Waals surface area contributed by atoms with Gasteiger partial charge in [-0.15, -0.1) is 0 Å². The topological polar surface area (TPSA) is 12.0 Å². The van der Waals surface area contributed by atoms with Crippen LogP contribution < -0.4 is 5.32 Å². The van der Waals surface area contributed by atoms with Crippen molar-refractivity contribution in [2.24, 2.45) is 0 Å². The third kappa shape index (κ3) is 2.48. The van der Waals surface area contributed by atoms with Gasteiger partial charge in [0, 0.05) is 11.7 Å². The Morgan fingerprint density at radius 2 is 2.00 bits per heavy atom. The summed E-state index contributed by atoms with van der Waals surface area (Å²) in [7, 11) is 0. The van der Waals surface area contributed by atoms with Crippen molar-refractivity contribution in [3.05, 3.63) is 36.8 Å². The molecule has 1 heteroatoms. The van der Waals surface area contributed by atoms with Crippen molar-refractivity contribution in [2.75, 3.05) is 5.32 Å². The monoisotopic (exact) mass is 174 g/mol. The van der Waals surface area contributed by atoms with Gasteiger partial charge >= 0.3 is 0 Å². The summed E-state index contributed by atoms with van der Waals surface area (Å²) in [6.45, 7) is 0. The number of benzene rings is 1. The summed E-state index contributed by atoms with van der Waals surface area (Å²) < 4.78 is 0. The second-order valence-electron chi connectivity index (χ2n) is 3.66. The van der Waals surface area contributed by atoms with Gasteiger partial charge in [0.15, 0.2) is 0 Å². The molecule has 1 saturated carbocycles.